The van der Waals surface area contributed by atoms with Crippen LogP contribution < -0.4 is 69.7 Å². The van der Waals surface area contributed by atoms with Crippen molar-refractivity contribution >= 4 is 37.6 Å². The van der Waals surface area contributed by atoms with E-state index in [-0.39, 0.29) is 123 Å². The number of methoxy groups -OCH3 is 2. The number of benzene rings is 2. The minimum absolute atomic E-state index is 0. The van der Waals surface area contributed by atoms with E-state index in [2.05, 4.69) is 10.6 Å². The zero-order valence-corrected chi connectivity index (χ0v) is 42.7. The van der Waals surface area contributed by atoms with Crippen molar-refractivity contribution in [2.24, 2.45) is 0 Å². The van der Waals surface area contributed by atoms with Crippen LogP contribution in [0.4, 0.5) is 0 Å². The van der Waals surface area contributed by atoms with Gasteiger partial charge in [-0.15, -0.1) is 0 Å². The van der Waals surface area contributed by atoms with Crippen molar-refractivity contribution in [3.8, 4) is 0 Å². The van der Waals surface area contributed by atoms with Gasteiger partial charge >= 0.3 is 59.1 Å². The molecule has 0 spiro atoms. The third-order valence-electron chi connectivity index (χ3n) is 7.97. The molecule has 2 N–H and O–H groups in total. The zero-order chi connectivity index (χ0) is 45.3. The third kappa shape index (κ3) is 29.1. The van der Waals surface area contributed by atoms with Crippen molar-refractivity contribution in [3.05, 3.63) is 77.4 Å². The van der Waals surface area contributed by atoms with E-state index < -0.39 is 41.8 Å². The summed E-state index contributed by atoms with van der Waals surface area (Å²) in [6.07, 6.45) is 2.61. The maximum absolute atomic E-state index is 13.4. The molecule has 0 heterocycles. The molecule has 0 aliphatic carbocycles. The van der Waals surface area contributed by atoms with E-state index in [9.17, 15) is 35.5 Å². The van der Waals surface area contributed by atoms with Crippen LogP contribution >= 0.6 is 0 Å². The molecule has 0 radical (unpaired) electrons. The number of carbonyl (C=O) groups is 2. The number of ether oxygens (including phenoxy) is 10. The van der Waals surface area contributed by atoms with Crippen LogP contribution in [-0.2, 0) is 77.2 Å². The molecule has 0 fully saturated rings. The second-order valence-corrected chi connectivity index (χ2v) is 15.3. The first-order valence-electron chi connectivity index (χ1n) is 19.6. The first-order chi connectivity index (χ1) is 29.9. The van der Waals surface area contributed by atoms with Gasteiger partial charge in [0.25, 0.3) is 11.8 Å². The van der Waals surface area contributed by atoms with Gasteiger partial charge in [0.1, 0.15) is 25.8 Å². The summed E-state index contributed by atoms with van der Waals surface area (Å²) in [4.78, 5) is 25.8. The monoisotopic (exact) mass is 964 g/mol. The Balaban J connectivity index is 0.0000198. The number of allylic oxidation sites excluding steroid dienone is 2. The van der Waals surface area contributed by atoms with Gasteiger partial charge in [0.05, 0.1) is 129 Å². The van der Waals surface area contributed by atoms with Gasteiger partial charge in [-0.05, 0) is 47.0 Å². The molecule has 0 saturated carbocycles. The molecule has 2 rings (SSSR count). The van der Waals surface area contributed by atoms with Crippen LogP contribution in [0.3, 0.4) is 0 Å². The van der Waals surface area contributed by atoms with Gasteiger partial charge in [-0.3, -0.25) is 9.59 Å². The van der Waals surface area contributed by atoms with E-state index in [0.717, 1.165) is 24.3 Å². The summed E-state index contributed by atoms with van der Waals surface area (Å²) in [7, 11) is -6.37. The summed E-state index contributed by atoms with van der Waals surface area (Å²) in [5.74, 6) is -1.53. The maximum atomic E-state index is 13.4. The van der Waals surface area contributed by atoms with Gasteiger partial charge in [-0.2, -0.15) is 0 Å². The molecule has 2 aromatic carbocycles. The third-order valence-corrected chi connectivity index (χ3v) is 9.67. The molecule has 64 heavy (non-hydrogen) atoms. The smallest absolute Gasteiger partial charge is 0.744 e. The van der Waals surface area contributed by atoms with E-state index in [1.54, 1.807) is 14.2 Å². The Labute approximate surface area is 420 Å². The van der Waals surface area contributed by atoms with Crippen LogP contribution in [0, 0.1) is 0 Å². The predicted molar refractivity (Wildman–Crippen MR) is 220 cm³/mol. The average Bonchev–Trinajstić information content (AvgIpc) is 3.24. The summed E-state index contributed by atoms with van der Waals surface area (Å²) in [6, 6.07) is 9.61. The molecule has 0 aliphatic heterocycles. The molecular weight excluding hydrogens is 907 g/mol. The second kappa shape index (κ2) is 38.3. The SMILES string of the molecule is COCCOCCOCCOCCOCCNC(=O)C(=CC=C(c1ccc(S(=O)(=O)[O-])cc1)c1ccc(S(=O)(=O)[O-])cc1)C(=O)NCCOCCOCCOCCOCCOC.[Na+].[Na+]. The molecule has 20 nitrogen and oxygen atoms in total. The number of amides is 2. The molecule has 2 aromatic rings. The molecule has 0 aliphatic rings. The largest absolute Gasteiger partial charge is 1.00 e. The van der Waals surface area contributed by atoms with Crippen LogP contribution in [0.15, 0.2) is 76.0 Å². The van der Waals surface area contributed by atoms with Crippen LogP contribution in [0.2, 0.25) is 0 Å². The van der Waals surface area contributed by atoms with E-state index >= 15 is 0 Å². The first-order valence-corrected chi connectivity index (χ1v) is 22.4. The Morgan fingerprint density at radius 1 is 0.453 bits per heavy atom. The van der Waals surface area contributed by atoms with E-state index in [1.165, 1.54) is 36.4 Å². The first kappa shape index (κ1) is 62.3. The van der Waals surface area contributed by atoms with Crippen molar-refractivity contribution in [1.29, 1.82) is 0 Å². The van der Waals surface area contributed by atoms with Crippen molar-refractivity contribution in [3.63, 3.8) is 0 Å². The Morgan fingerprint density at radius 3 is 0.984 bits per heavy atom. The molecule has 0 aromatic heterocycles. The van der Waals surface area contributed by atoms with E-state index in [4.69, 9.17) is 47.4 Å². The van der Waals surface area contributed by atoms with Crippen molar-refractivity contribution < 1.29 is 142 Å². The van der Waals surface area contributed by atoms with Gasteiger partial charge in [0, 0.05) is 27.3 Å². The summed E-state index contributed by atoms with van der Waals surface area (Å²) in [5, 5.41) is 5.27. The van der Waals surface area contributed by atoms with Crippen molar-refractivity contribution in [1.82, 2.24) is 10.6 Å². The number of carbonyl (C=O) groups excluding carboxylic acids is 2. The minimum atomic E-state index is -4.78. The molecule has 2 amide bonds. The maximum Gasteiger partial charge on any atom is 1.00 e. The fourth-order valence-electron chi connectivity index (χ4n) is 4.85. The average molecular weight is 965 g/mol. The molecular formula is C40H58N2Na2O18S2. The summed E-state index contributed by atoms with van der Waals surface area (Å²) < 4.78 is 123. The van der Waals surface area contributed by atoms with Gasteiger partial charge in [-0.1, -0.05) is 30.3 Å². The number of rotatable bonds is 37. The quantitative estimate of drug-likeness (QED) is 0.0122. The van der Waals surface area contributed by atoms with Crippen LogP contribution in [0.5, 0.6) is 0 Å². The van der Waals surface area contributed by atoms with Crippen molar-refractivity contribution in [2.45, 2.75) is 9.79 Å². The normalized spacial score (nSPS) is 11.2. The van der Waals surface area contributed by atoms with E-state index in [1.807, 2.05) is 0 Å². The molecule has 24 heteroatoms. The second-order valence-electron chi connectivity index (χ2n) is 12.5. The summed E-state index contributed by atoms with van der Waals surface area (Å²) in [6.45, 7) is 6.45. The van der Waals surface area contributed by atoms with Crippen LogP contribution in [-0.4, -0.2) is 184 Å². The Kier molecular flexibility index (Phi) is 37.2. The fourth-order valence-corrected chi connectivity index (χ4v) is 5.79. The van der Waals surface area contributed by atoms with Crippen LogP contribution in [0.1, 0.15) is 11.1 Å². The minimum Gasteiger partial charge on any atom is -0.744 e. The van der Waals surface area contributed by atoms with E-state index in [0.29, 0.717) is 90.4 Å². The molecule has 0 saturated heterocycles. The fraction of sp³-hybridized carbons (Fsp3) is 0.550. The Morgan fingerprint density at radius 2 is 0.719 bits per heavy atom. The standard InChI is InChI=1S/C40H60N2O18S2.2Na/c1-51-17-19-55-25-27-59-31-29-57-23-21-53-15-13-41-39(43)38(40(44)42-14-16-54-22-24-58-30-32-60-28-26-56-20-18-52-2)12-11-37(33-3-7-35(8-4-33)61(45,46)47)34-5-9-36(10-6-34)62(48,49)50;;/h3-12H,13-32H2,1-2H3,(H,41,43)(H,42,44)(H,45,46,47)(H,48,49,50);;/q;2*+1/p-2. The van der Waals surface area contributed by atoms with Gasteiger partial charge < -0.3 is 67.1 Å². The van der Waals surface area contributed by atoms with Gasteiger partial charge in [-0.25, -0.2) is 16.8 Å². The summed E-state index contributed by atoms with van der Waals surface area (Å²) in [5.41, 5.74) is 0.602. The molecule has 0 unspecified atom stereocenters. The van der Waals surface area contributed by atoms with Gasteiger partial charge in [0.15, 0.2) is 0 Å². The Hall–Kier alpha value is -1.72. The molecule has 0 bridgehead atoms. The topological polar surface area (TPSA) is 265 Å². The number of hydrogen-bond acceptors (Lipinski definition) is 18. The van der Waals surface area contributed by atoms with Crippen molar-refractivity contribution in [2.75, 3.05) is 146 Å². The van der Waals surface area contributed by atoms with Crippen LogP contribution in [0.25, 0.3) is 5.57 Å². The summed E-state index contributed by atoms with van der Waals surface area (Å²) >= 11 is 0. The Bertz CT molecular complexity index is 1710. The number of hydrogen-bond donors (Lipinski definition) is 2. The van der Waals surface area contributed by atoms with Gasteiger partial charge in [0.2, 0.25) is 0 Å². The molecule has 350 valence electrons. The molecule has 0 atom stereocenters. The predicted octanol–water partition coefficient (Wildman–Crippen LogP) is -5.48. The zero-order valence-electron chi connectivity index (χ0n) is 37.1. The number of nitrogens with one attached hydrogen (secondary N) is 2.